The molecule has 1 amide bonds. The third-order valence-electron chi connectivity index (χ3n) is 5.30. The summed E-state index contributed by atoms with van der Waals surface area (Å²) in [6.45, 7) is 2.92. The Balaban J connectivity index is 1.71. The summed E-state index contributed by atoms with van der Waals surface area (Å²) >= 11 is 0. The number of pyridine rings is 1. The van der Waals surface area contributed by atoms with E-state index >= 15 is 0 Å². The van der Waals surface area contributed by atoms with Crippen molar-refractivity contribution >= 4 is 5.91 Å². The largest absolute Gasteiger partial charge is 0.491 e. The van der Waals surface area contributed by atoms with Crippen LogP contribution in [0.15, 0.2) is 42.7 Å². The Morgan fingerprint density at radius 3 is 2.76 bits per heavy atom. The maximum Gasteiger partial charge on any atom is 0.255 e. The highest BCUT2D eigenvalue weighted by Crippen LogP contribution is 2.22. The SMILES string of the molecule is Cc1cncc(C(=O)N2CCCCCc3ccccc3OC[C@@H](O)[C@@H](O)CC2)c1. The van der Waals surface area contributed by atoms with Gasteiger partial charge in [-0.3, -0.25) is 9.78 Å². The lowest BCUT2D eigenvalue weighted by atomic mass is 10.0. The minimum Gasteiger partial charge on any atom is -0.491 e. The third kappa shape index (κ3) is 6.02. The summed E-state index contributed by atoms with van der Waals surface area (Å²) in [7, 11) is 0. The number of ether oxygens (including phenoxy) is 1. The smallest absolute Gasteiger partial charge is 0.255 e. The first-order valence-electron chi connectivity index (χ1n) is 10.3. The molecule has 2 atom stereocenters. The maximum absolute atomic E-state index is 13.0. The fourth-order valence-corrected chi connectivity index (χ4v) is 3.58. The van der Waals surface area contributed by atoms with E-state index in [-0.39, 0.29) is 18.9 Å². The van der Waals surface area contributed by atoms with E-state index in [0.29, 0.717) is 18.7 Å². The predicted molar refractivity (Wildman–Crippen MR) is 111 cm³/mol. The number of fused-ring (bicyclic) bond motifs is 1. The van der Waals surface area contributed by atoms with Crippen LogP contribution in [0.4, 0.5) is 0 Å². The van der Waals surface area contributed by atoms with Crippen LogP contribution in [0.3, 0.4) is 0 Å². The molecule has 0 saturated heterocycles. The van der Waals surface area contributed by atoms with E-state index in [1.807, 2.05) is 37.3 Å². The molecule has 3 rings (SSSR count). The molecule has 2 heterocycles. The van der Waals surface area contributed by atoms with E-state index in [9.17, 15) is 15.0 Å². The average molecular weight is 399 g/mol. The van der Waals surface area contributed by atoms with Crippen LogP contribution in [0.25, 0.3) is 0 Å². The molecule has 156 valence electrons. The Hall–Kier alpha value is -2.44. The molecule has 29 heavy (non-hydrogen) atoms. The molecule has 1 aromatic carbocycles. The molecular formula is C23H30N2O4. The first-order chi connectivity index (χ1) is 14.0. The Kier molecular flexibility index (Phi) is 7.61. The quantitative estimate of drug-likeness (QED) is 0.772. The van der Waals surface area contributed by atoms with Crippen molar-refractivity contribution < 1.29 is 19.7 Å². The lowest BCUT2D eigenvalue weighted by Gasteiger charge is -2.26. The number of carbonyl (C=O) groups is 1. The van der Waals surface area contributed by atoms with Crippen LogP contribution in [0, 0.1) is 6.92 Å². The predicted octanol–water partition coefficient (Wildman–Crippen LogP) is 2.75. The molecule has 1 aliphatic heterocycles. The van der Waals surface area contributed by atoms with Crippen LogP contribution in [0.2, 0.25) is 0 Å². The fraction of sp³-hybridized carbons (Fsp3) is 0.478. The summed E-state index contributed by atoms with van der Waals surface area (Å²) in [5.74, 6) is 0.677. The van der Waals surface area contributed by atoms with Gasteiger partial charge in [-0.25, -0.2) is 0 Å². The number of benzene rings is 1. The van der Waals surface area contributed by atoms with Gasteiger partial charge in [0.1, 0.15) is 18.5 Å². The zero-order valence-corrected chi connectivity index (χ0v) is 17.0. The average Bonchev–Trinajstić information content (AvgIpc) is 2.73. The van der Waals surface area contributed by atoms with Crippen molar-refractivity contribution in [1.82, 2.24) is 9.88 Å². The highest BCUT2D eigenvalue weighted by Gasteiger charge is 2.22. The summed E-state index contributed by atoms with van der Waals surface area (Å²) in [6, 6.07) is 9.65. The molecule has 0 aliphatic carbocycles. The number of aliphatic hydroxyl groups excluding tert-OH is 2. The minimum absolute atomic E-state index is 0.0218. The standard InChI is InChI=1S/C23H30N2O4/c1-17-13-19(15-24-14-17)23(28)25-11-6-2-3-7-18-8-4-5-9-22(18)29-16-21(27)20(26)10-12-25/h4-5,8-9,13-15,20-21,26-27H,2-3,6-7,10-12,16H2,1H3/t20-,21+/m0/s1. The number of hydrogen-bond donors (Lipinski definition) is 2. The lowest BCUT2D eigenvalue weighted by molar-refractivity contribution is -0.0153. The third-order valence-corrected chi connectivity index (χ3v) is 5.30. The Morgan fingerprint density at radius 2 is 1.93 bits per heavy atom. The fourth-order valence-electron chi connectivity index (χ4n) is 3.58. The molecule has 6 nitrogen and oxygen atoms in total. The van der Waals surface area contributed by atoms with Crippen LogP contribution in [0.1, 0.15) is 47.2 Å². The summed E-state index contributed by atoms with van der Waals surface area (Å²) < 4.78 is 5.77. The van der Waals surface area contributed by atoms with Gasteiger partial charge in [0.05, 0.1) is 11.7 Å². The van der Waals surface area contributed by atoms with Crippen molar-refractivity contribution in [2.24, 2.45) is 0 Å². The second kappa shape index (κ2) is 10.4. The van der Waals surface area contributed by atoms with Gasteiger partial charge in [0.25, 0.3) is 5.91 Å². The lowest BCUT2D eigenvalue weighted by Crippen LogP contribution is -2.38. The summed E-state index contributed by atoms with van der Waals surface area (Å²) in [5.41, 5.74) is 2.59. The second-order valence-electron chi connectivity index (χ2n) is 7.70. The van der Waals surface area contributed by atoms with Crippen LogP contribution in [-0.4, -0.2) is 57.9 Å². The van der Waals surface area contributed by atoms with Gasteiger partial charge in [-0.15, -0.1) is 0 Å². The Bertz CT molecular complexity index is 811. The number of amides is 1. The summed E-state index contributed by atoms with van der Waals surface area (Å²) in [5, 5.41) is 20.7. The zero-order chi connectivity index (χ0) is 20.6. The van der Waals surface area contributed by atoms with E-state index in [1.54, 1.807) is 17.3 Å². The molecule has 0 radical (unpaired) electrons. The van der Waals surface area contributed by atoms with Crippen molar-refractivity contribution in [2.45, 2.75) is 51.2 Å². The van der Waals surface area contributed by atoms with Gasteiger partial charge in [-0.05, 0) is 55.9 Å². The number of carbonyl (C=O) groups excluding carboxylic acids is 1. The van der Waals surface area contributed by atoms with Crippen LogP contribution in [0.5, 0.6) is 5.75 Å². The summed E-state index contributed by atoms with van der Waals surface area (Å²) in [6.07, 6.45) is 5.37. The van der Waals surface area contributed by atoms with Gasteiger partial charge >= 0.3 is 0 Å². The number of aliphatic hydroxyl groups is 2. The minimum atomic E-state index is -1.01. The van der Waals surface area contributed by atoms with Crippen molar-refractivity contribution in [3.05, 3.63) is 59.4 Å². The van der Waals surface area contributed by atoms with Gasteiger partial charge < -0.3 is 19.8 Å². The highest BCUT2D eigenvalue weighted by atomic mass is 16.5. The van der Waals surface area contributed by atoms with E-state index in [2.05, 4.69) is 4.98 Å². The topological polar surface area (TPSA) is 82.9 Å². The number of rotatable bonds is 1. The molecule has 0 bridgehead atoms. The van der Waals surface area contributed by atoms with Gasteiger partial charge in [-0.2, -0.15) is 0 Å². The van der Waals surface area contributed by atoms with E-state index in [1.165, 1.54) is 0 Å². The van der Waals surface area contributed by atoms with E-state index in [0.717, 1.165) is 42.6 Å². The molecule has 2 aromatic rings. The molecule has 1 aliphatic rings. The van der Waals surface area contributed by atoms with Gasteiger partial charge in [-0.1, -0.05) is 24.6 Å². The molecule has 0 spiro atoms. The second-order valence-corrected chi connectivity index (χ2v) is 7.70. The molecule has 2 N–H and O–H groups in total. The number of aryl methyl sites for hydroxylation is 2. The zero-order valence-electron chi connectivity index (χ0n) is 17.0. The molecular weight excluding hydrogens is 368 g/mol. The van der Waals surface area contributed by atoms with Crippen LogP contribution in [-0.2, 0) is 6.42 Å². The monoisotopic (exact) mass is 398 g/mol. The van der Waals surface area contributed by atoms with Crippen molar-refractivity contribution in [2.75, 3.05) is 19.7 Å². The number of para-hydroxylation sites is 1. The number of hydrogen-bond acceptors (Lipinski definition) is 5. The van der Waals surface area contributed by atoms with Crippen LogP contribution < -0.4 is 4.74 Å². The number of nitrogens with zero attached hydrogens (tertiary/aromatic N) is 2. The molecule has 1 aromatic heterocycles. The van der Waals surface area contributed by atoms with Gasteiger partial charge in [0.2, 0.25) is 0 Å². The highest BCUT2D eigenvalue weighted by molar-refractivity contribution is 5.94. The molecule has 0 fully saturated rings. The van der Waals surface area contributed by atoms with Crippen molar-refractivity contribution in [3.63, 3.8) is 0 Å². The summed E-state index contributed by atoms with van der Waals surface area (Å²) in [4.78, 5) is 18.8. The maximum atomic E-state index is 13.0. The van der Waals surface area contributed by atoms with Crippen LogP contribution >= 0.6 is 0 Å². The molecule has 6 heteroatoms. The van der Waals surface area contributed by atoms with Crippen molar-refractivity contribution in [1.29, 1.82) is 0 Å². The van der Waals surface area contributed by atoms with Crippen molar-refractivity contribution in [3.8, 4) is 5.75 Å². The Labute approximate surface area is 172 Å². The molecule has 0 saturated carbocycles. The Morgan fingerprint density at radius 1 is 1.10 bits per heavy atom. The van der Waals surface area contributed by atoms with Gasteiger partial charge in [0, 0.05) is 25.5 Å². The molecule has 0 unspecified atom stereocenters. The number of aromatic nitrogens is 1. The normalized spacial score (nSPS) is 21.6. The van der Waals surface area contributed by atoms with E-state index < -0.39 is 12.2 Å². The first-order valence-corrected chi connectivity index (χ1v) is 10.3. The van der Waals surface area contributed by atoms with E-state index in [4.69, 9.17) is 4.74 Å². The first kappa shape index (κ1) is 21.3. The van der Waals surface area contributed by atoms with Gasteiger partial charge in [0.15, 0.2) is 0 Å².